The average molecular weight is 325 g/mol. The molecule has 0 saturated carbocycles. The van der Waals surface area contributed by atoms with Crippen LogP contribution in [0.3, 0.4) is 0 Å². The first kappa shape index (κ1) is 15.5. The smallest absolute Gasteiger partial charge is 0.252 e. The summed E-state index contributed by atoms with van der Waals surface area (Å²) in [5.74, 6) is 0.405. The first-order valence-electron chi connectivity index (χ1n) is 6.28. The highest BCUT2D eigenvalue weighted by Gasteiger charge is 2.11. The lowest BCUT2D eigenvalue weighted by Crippen LogP contribution is -2.28. The molecule has 0 aromatic heterocycles. The summed E-state index contributed by atoms with van der Waals surface area (Å²) in [6, 6.07) is 12.0. The van der Waals surface area contributed by atoms with Gasteiger partial charge in [-0.3, -0.25) is 4.79 Å². The molecule has 0 bridgehead atoms. The second-order valence-corrected chi connectivity index (χ2v) is 5.06. The highest BCUT2D eigenvalue weighted by molar-refractivity contribution is 6.43. The van der Waals surface area contributed by atoms with E-state index in [-0.39, 0.29) is 10.9 Å². The lowest BCUT2D eigenvalue weighted by Gasteiger charge is -2.09. The average Bonchev–Trinajstić information content (AvgIpc) is 2.48. The van der Waals surface area contributed by atoms with Gasteiger partial charge in [-0.1, -0.05) is 29.3 Å². The van der Waals surface area contributed by atoms with Crippen LogP contribution in [0.2, 0.25) is 10.0 Å². The van der Waals surface area contributed by atoms with Gasteiger partial charge in [-0.05, 0) is 36.4 Å². The first-order valence-corrected chi connectivity index (χ1v) is 7.04. The third kappa shape index (κ3) is 4.28. The van der Waals surface area contributed by atoms with E-state index >= 15 is 0 Å². The van der Waals surface area contributed by atoms with E-state index < -0.39 is 0 Å². The van der Waals surface area contributed by atoms with Crippen LogP contribution >= 0.6 is 23.2 Å². The minimum atomic E-state index is -0.289. The lowest BCUT2D eigenvalue weighted by molar-refractivity contribution is 0.0947. The molecule has 0 unspecified atom stereocenters. The molecule has 0 aliphatic carbocycles. The van der Waals surface area contributed by atoms with Crippen LogP contribution in [0.15, 0.2) is 42.5 Å². The van der Waals surface area contributed by atoms with Gasteiger partial charge in [-0.25, -0.2) is 0 Å². The molecule has 2 aromatic rings. The van der Waals surface area contributed by atoms with Crippen LogP contribution in [0.5, 0.6) is 5.75 Å². The summed E-state index contributed by atoms with van der Waals surface area (Å²) in [4.78, 5) is 11.9. The maximum Gasteiger partial charge on any atom is 0.252 e. The van der Waals surface area contributed by atoms with Crippen molar-refractivity contribution in [3.8, 4) is 5.75 Å². The standard InChI is InChI=1S/C15H14Cl2N2O2/c16-13-3-1-2-12(14(13)17)15(20)19-8-9-21-11-6-4-10(18)5-7-11/h1-7H,8-9,18H2,(H,19,20). The van der Waals surface area contributed by atoms with E-state index in [1.54, 1.807) is 42.5 Å². The van der Waals surface area contributed by atoms with Crippen molar-refractivity contribution in [2.75, 3.05) is 18.9 Å². The van der Waals surface area contributed by atoms with E-state index in [4.69, 9.17) is 33.7 Å². The van der Waals surface area contributed by atoms with Gasteiger partial charge >= 0.3 is 0 Å². The molecule has 3 N–H and O–H groups in total. The summed E-state index contributed by atoms with van der Waals surface area (Å²) in [5, 5.41) is 3.31. The number of rotatable bonds is 5. The number of hydrogen-bond acceptors (Lipinski definition) is 3. The molecule has 0 atom stereocenters. The predicted octanol–water partition coefficient (Wildman–Crippen LogP) is 3.38. The second-order valence-electron chi connectivity index (χ2n) is 4.27. The number of carbonyl (C=O) groups is 1. The molecule has 2 aromatic carbocycles. The van der Waals surface area contributed by atoms with Gasteiger partial charge in [0.25, 0.3) is 5.91 Å². The first-order chi connectivity index (χ1) is 10.1. The van der Waals surface area contributed by atoms with E-state index in [1.165, 1.54) is 0 Å². The molecule has 21 heavy (non-hydrogen) atoms. The molecule has 0 radical (unpaired) electrons. The van der Waals surface area contributed by atoms with Crippen LogP contribution < -0.4 is 15.8 Å². The third-order valence-corrected chi connectivity index (χ3v) is 3.55. The van der Waals surface area contributed by atoms with Crippen molar-refractivity contribution in [3.63, 3.8) is 0 Å². The number of ether oxygens (including phenoxy) is 1. The molecule has 6 heteroatoms. The fourth-order valence-electron chi connectivity index (χ4n) is 1.67. The Morgan fingerprint density at radius 2 is 1.86 bits per heavy atom. The maximum atomic E-state index is 11.9. The molecular weight excluding hydrogens is 311 g/mol. The summed E-state index contributed by atoms with van der Waals surface area (Å²) in [6.45, 7) is 0.694. The number of hydrogen-bond donors (Lipinski definition) is 2. The summed E-state index contributed by atoms with van der Waals surface area (Å²) in [5.41, 5.74) is 6.59. The number of anilines is 1. The SMILES string of the molecule is Nc1ccc(OCCNC(=O)c2cccc(Cl)c2Cl)cc1. The molecule has 4 nitrogen and oxygen atoms in total. The van der Waals surface area contributed by atoms with Gasteiger partial charge in [0, 0.05) is 5.69 Å². The molecule has 0 heterocycles. The second kappa shape index (κ2) is 7.20. The fraction of sp³-hybridized carbons (Fsp3) is 0.133. The van der Waals surface area contributed by atoms with Crippen molar-refractivity contribution in [2.24, 2.45) is 0 Å². The predicted molar refractivity (Wildman–Crippen MR) is 85.1 cm³/mol. The number of nitrogens with two attached hydrogens (primary N) is 1. The molecule has 0 aliphatic rings. The van der Waals surface area contributed by atoms with E-state index in [9.17, 15) is 4.79 Å². The Balaban J connectivity index is 1.82. The van der Waals surface area contributed by atoms with Gasteiger partial charge in [-0.15, -0.1) is 0 Å². The van der Waals surface area contributed by atoms with Crippen LogP contribution in [-0.2, 0) is 0 Å². The van der Waals surface area contributed by atoms with Crippen molar-refractivity contribution in [3.05, 3.63) is 58.1 Å². The van der Waals surface area contributed by atoms with Crippen molar-refractivity contribution in [1.29, 1.82) is 0 Å². The Morgan fingerprint density at radius 3 is 2.57 bits per heavy atom. The quantitative estimate of drug-likeness (QED) is 0.654. The molecule has 0 aliphatic heterocycles. The van der Waals surface area contributed by atoms with Gasteiger partial charge in [0.2, 0.25) is 0 Å². The molecule has 1 amide bonds. The van der Waals surface area contributed by atoms with Crippen molar-refractivity contribution in [2.45, 2.75) is 0 Å². The number of halogens is 2. The Labute approximate surface area is 132 Å². The topological polar surface area (TPSA) is 64.3 Å². The molecular formula is C15H14Cl2N2O2. The summed E-state index contributed by atoms with van der Waals surface area (Å²) in [7, 11) is 0. The third-order valence-electron chi connectivity index (χ3n) is 2.73. The largest absolute Gasteiger partial charge is 0.492 e. The van der Waals surface area contributed by atoms with E-state index in [0.29, 0.717) is 35.2 Å². The normalized spacial score (nSPS) is 10.2. The number of amides is 1. The Hall–Kier alpha value is -1.91. The molecule has 0 saturated heterocycles. The zero-order chi connectivity index (χ0) is 15.2. The van der Waals surface area contributed by atoms with Crippen LogP contribution in [-0.4, -0.2) is 19.1 Å². The highest BCUT2D eigenvalue weighted by Crippen LogP contribution is 2.25. The summed E-state index contributed by atoms with van der Waals surface area (Å²) >= 11 is 11.8. The summed E-state index contributed by atoms with van der Waals surface area (Å²) in [6.07, 6.45) is 0. The van der Waals surface area contributed by atoms with Gasteiger partial charge in [0.15, 0.2) is 0 Å². The minimum Gasteiger partial charge on any atom is -0.492 e. The van der Waals surface area contributed by atoms with Crippen molar-refractivity contribution in [1.82, 2.24) is 5.32 Å². The van der Waals surface area contributed by atoms with Crippen molar-refractivity contribution < 1.29 is 9.53 Å². The number of nitrogen functional groups attached to an aromatic ring is 1. The van der Waals surface area contributed by atoms with Gasteiger partial charge in [0.05, 0.1) is 22.2 Å². The summed E-state index contributed by atoms with van der Waals surface area (Å²) < 4.78 is 5.47. The molecule has 0 fully saturated rings. The molecule has 110 valence electrons. The number of nitrogens with one attached hydrogen (secondary N) is 1. The molecule has 2 rings (SSSR count). The maximum absolute atomic E-state index is 11.9. The Kier molecular flexibility index (Phi) is 5.31. The van der Waals surface area contributed by atoms with Crippen LogP contribution in [0.4, 0.5) is 5.69 Å². The minimum absolute atomic E-state index is 0.246. The van der Waals surface area contributed by atoms with Crippen LogP contribution in [0.25, 0.3) is 0 Å². The van der Waals surface area contributed by atoms with Gasteiger partial charge in [0.1, 0.15) is 12.4 Å². The number of benzene rings is 2. The monoisotopic (exact) mass is 324 g/mol. The Bertz CT molecular complexity index is 630. The highest BCUT2D eigenvalue weighted by atomic mass is 35.5. The van der Waals surface area contributed by atoms with E-state index in [2.05, 4.69) is 5.32 Å². The Morgan fingerprint density at radius 1 is 1.14 bits per heavy atom. The van der Waals surface area contributed by atoms with Crippen molar-refractivity contribution >= 4 is 34.8 Å². The lowest BCUT2D eigenvalue weighted by atomic mass is 10.2. The van der Waals surface area contributed by atoms with E-state index in [0.717, 1.165) is 0 Å². The van der Waals surface area contributed by atoms with Crippen LogP contribution in [0.1, 0.15) is 10.4 Å². The zero-order valence-corrected chi connectivity index (χ0v) is 12.6. The molecule has 0 spiro atoms. The number of carbonyl (C=O) groups excluding carboxylic acids is 1. The van der Waals surface area contributed by atoms with E-state index in [1.807, 2.05) is 0 Å². The van der Waals surface area contributed by atoms with Crippen LogP contribution in [0, 0.1) is 0 Å². The van der Waals surface area contributed by atoms with Gasteiger partial charge in [-0.2, -0.15) is 0 Å². The fourth-order valence-corrected chi connectivity index (χ4v) is 2.06. The zero-order valence-electron chi connectivity index (χ0n) is 11.1. The van der Waals surface area contributed by atoms with Gasteiger partial charge < -0.3 is 15.8 Å².